The molecule has 76 valence electrons. The van der Waals surface area contributed by atoms with Crippen LogP contribution in [0.2, 0.25) is 0 Å². The van der Waals surface area contributed by atoms with Gasteiger partial charge in [0.1, 0.15) is 0 Å². The van der Waals surface area contributed by atoms with E-state index >= 15 is 0 Å². The Morgan fingerprint density at radius 2 is 2.00 bits per heavy atom. The van der Waals surface area contributed by atoms with Crippen LogP contribution in [0.5, 0.6) is 0 Å². The largest absolute Gasteiger partial charge is 0.297 e. The van der Waals surface area contributed by atoms with Crippen LogP contribution in [0.15, 0.2) is 24.3 Å². The molecule has 0 amide bonds. The minimum atomic E-state index is 0.729. The summed E-state index contributed by atoms with van der Waals surface area (Å²) in [5, 5.41) is 0. The molecule has 1 heterocycles. The van der Waals surface area contributed by atoms with Gasteiger partial charge in [0.25, 0.3) is 0 Å². The van der Waals surface area contributed by atoms with E-state index in [9.17, 15) is 0 Å². The minimum Gasteiger partial charge on any atom is -0.297 e. The average Bonchev–Trinajstić information content (AvgIpc) is 2.38. The van der Waals surface area contributed by atoms with E-state index < -0.39 is 0 Å². The van der Waals surface area contributed by atoms with Gasteiger partial charge in [0.15, 0.2) is 0 Å². The Kier molecular flexibility index (Phi) is 2.87. The van der Waals surface area contributed by atoms with Crippen molar-refractivity contribution in [2.75, 3.05) is 6.54 Å². The van der Waals surface area contributed by atoms with E-state index in [2.05, 4.69) is 43.0 Å². The van der Waals surface area contributed by atoms with Crippen molar-refractivity contribution in [1.29, 1.82) is 0 Å². The maximum absolute atomic E-state index is 2.56. The third-order valence-electron chi connectivity index (χ3n) is 3.35. The van der Waals surface area contributed by atoms with E-state index in [4.69, 9.17) is 0 Å². The first-order valence-corrected chi connectivity index (χ1v) is 5.62. The minimum absolute atomic E-state index is 0.729. The number of nitrogens with zero attached hydrogens (tertiary/aromatic N) is 1. The highest BCUT2D eigenvalue weighted by Gasteiger charge is 2.18. The molecule has 0 spiro atoms. The summed E-state index contributed by atoms with van der Waals surface area (Å²) in [6.45, 7) is 6.89. The van der Waals surface area contributed by atoms with Gasteiger partial charge >= 0.3 is 0 Å². The number of fused-ring (bicyclic) bond motifs is 1. The molecule has 1 aliphatic heterocycles. The number of benzene rings is 1. The molecule has 1 aliphatic rings. The fraction of sp³-hybridized carbons (Fsp3) is 0.538. The second-order valence-electron chi connectivity index (χ2n) is 4.22. The van der Waals surface area contributed by atoms with Crippen molar-refractivity contribution in [3.8, 4) is 0 Å². The van der Waals surface area contributed by atoms with Crippen LogP contribution in [0, 0.1) is 0 Å². The Morgan fingerprint density at radius 1 is 1.29 bits per heavy atom. The van der Waals surface area contributed by atoms with E-state index in [1.807, 2.05) is 0 Å². The van der Waals surface area contributed by atoms with Gasteiger partial charge in [-0.05, 0) is 37.4 Å². The third kappa shape index (κ3) is 1.83. The van der Waals surface area contributed by atoms with E-state index in [1.165, 1.54) is 18.4 Å². The molecule has 0 aromatic heterocycles. The molecule has 1 aromatic rings. The van der Waals surface area contributed by atoms with Crippen LogP contribution in [0.4, 0.5) is 0 Å². The van der Waals surface area contributed by atoms with Crippen LogP contribution >= 0.6 is 0 Å². The zero-order valence-corrected chi connectivity index (χ0v) is 9.16. The summed E-state index contributed by atoms with van der Waals surface area (Å²) in [4.78, 5) is 2.56. The molecule has 0 fully saturated rings. The molecule has 2 rings (SSSR count). The summed E-state index contributed by atoms with van der Waals surface area (Å²) >= 11 is 0. The van der Waals surface area contributed by atoms with Gasteiger partial charge in [0.05, 0.1) is 0 Å². The number of rotatable bonds is 1. The average molecular weight is 189 g/mol. The van der Waals surface area contributed by atoms with Gasteiger partial charge in [-0.25, -0.2) is 0 Å². The summed E-state index contributed by atoms with van der Waals surface area (Å²) < 4.78 is 0. The molecule has 1 nitrogen and oxygen atoms in total. The lowest BCUT2D eigenvalue weighted by molar-refractivity contribution is 0.209. The topological polar surface area (TPSA) is 3.24 Å². The molecule has 1 heteroatoms. The quantitative estimate of drug-likeness (QED) is 0.656. The summed E-state index contributed by atoms with van der Waals surface area (Å²) in [6, 6.07) is 9.60. The molecular formula is C13H19N. The second kappa shape index (κ2) is 4.14. The molecule has 0 radical (unpaired) electrons. The third-order valence-corrected chi connectivity index (χ3v) is 3.35. The molecular weight excluding hydrogens is 170 g/mol. The highest BCUT2D eigenvalue weighted by molar-refractivity contribution is 5.28. The van der Waals surface area contributed by atoms with Crippen molar-refractivity contribution in [3.05, 3.63) is 35.4 Å². The molecule has 0 saturated heterocycles. The van der Waals surface area contributed by atoms with Crippen molar-refractivity contribution in [2.45, 2.75) is 39.3 Å². The van der Waals surface area contributed by atoms with Crippen LogP contribution in [0.1, 0.15) is 31.4 Å². The van der Waals surface area contributed by atoms with E-state index in [1.54, 1.807) is 5.56 Å². The predicted octanol–water partition coefficient (Wildman–Crippen LogP) is 2.84. The van der Waals surface area contributed by atoms with E-state index in [-0.39, 0.29) is 0 Å². The molecule has 0 N–H and O–H groups in total. The SMILES string of the molecule is CCN1Cc2ccccc2CCC1C. The van der Waals surface area contributed by atoms with Gasteiger partial charge in [-0.3, -0.25) is 4.90 Å². The van der Waals surface area contributed by atoms with Crippen molar-refractivity contribution in [3.63, 3.8) is 0 Å². The van der Waals surface area contributed by atoms with Crippen LogP contribution in [0.3, 0.4) is 0 Å². The molecule has 1 aromatic carbocycles. The van der Waals surface area contributed by atoms with E-state index in [0.29, 0.717) is 0 Å². The lowest BCUT2D eigenvalue weighted by atomic mass is 10.0. The van der Waals surface area contributed by atoms with Crippen LogP contribution in [-0.4, -0.2) is 17.5 Å². The summed E-state index contributed by atoms with van der Waals surface area (Å²) in [6.07, 6.45) is 2.54. The van der Waals surface area contributed by atoms with Crippen molar-refractivity contribution >= 4 is 0 Å². The standard InChI is InChI=1S/C13H19N/c1-3-14-10-13-7-5-4-6-12(13)9-8-11(14)2/h4-7,11H,3,8-10H2,1-2H3. The number of aryl methyl sites for hydroxylation is 1. The molecule has 1 atom stereocenters. The summed E-state index contributed by atoms with van der Waals surface area (Å²) in [7, 11) is 0. The maximum atomic E-state index is 2.56. The second-order valence-corrected chi connectivity index (χ2v) is 4.22. The van der Waals surface area contributed by atoms with Crippen molar-refractivity contribution in [2.24, 2.45) is 0 Å². The van der Waals surface area contributed by atoms with Crippen molar-refractivity contribution in [1.82, 2.24) is 4.90 Å². The highest BCUT2D eigenvalue weighted by atomic mass is 15.1. The lowest BCUT2D eigenvalue weighted by Crippen LogP contribution is -2.31. The molecule has 1 unspecified atom stereocenters. The number of hydrogen-bond acceptors (Lipinski definition) is 1. The fourth-order valence-corrected chi connectivity index (χ4v) is 2.30. The smallest absolute Gasteiger partial charge is 0.0239 e. The summed E-state index contributed by atoms with van der Waals surface area (Å²) in [5.74, 6) is 0. The molecule has 0 saturated carbocycles. The predicted molar refractivity (Wildman–Crippen MR) is 60.3 cm³/mol. The van der Waals surface area contributed by atoms with Crippen LogP contribution in [-0.2, 0) is 13.0 Å². The molecule has 0 bridgehead atoms. The Labute approximate surface area is 86.7 Å². The van der Waals surface area contributed by atoms with Crippen molar-refractivity contribution < 1.29 is 0 Å². The zero-order chi connectivity index (χ0) is 9.97. The Balaban J connectivity index is 2.26. The van der Waals surface area contributed by atoms with Gasteiger partial charge in [-0.2, -0.15) is 0 Å². The number of hydrogen-bond donors (Lipinski definition) is 0. The molecule has 0 aliphatic carbocycles. The first-order chi connectivity index (χ1) is 6.81. The summed E-state index contributed by atoms with van der Waals surface area (Å²) in [5.41, 5.74) is 3.08. The Hall–Kier alpha value is -0.820. The van der Waals surface area contributed by atoms with Gasteiger partial charge in [0, 0.05) is 12.6 Å². The Bertz CT molecular complexity index is 306. The fourth-order valence-electron chi connectivity index (χ4n) is 2.30. The normalized spacial score (nSPS) is 22.9. The van der Waals surface area contributed by atoms with Gasteiger partial charge < -0.3 is 0 Å². The highest BCUT2D eigenvalue weighted by Crippen LogP contribution is 2.21. The van der Waals surface area contributed by atoms with Gasteiger partial charge in [0.2, 0.25) is 0 Å². The molecule has 14 heavy (non-hydrogen) atoms. The lowest BCUT2D eigenvalue weighted by Gasteiger charge is -2.25. The van der Waals surface area contributed by atoms with Crippen LogP contribution in [0.25, 0.3) is 0 Å². The van der Waals surface area contributed by atoms with E-state index in [0.717, 1.165) is 19.1 Å². The monoisotopic (exact) mass is 189 g/mol. The Morgan fingerprint density at radius 3 is 2.71 bits per heavy atom. The first kappa shape index (κ1) is 9.72. The maximum Gasteiger partial charge on any atom is 0.0239 e. The zero-order valence-electron chi connectivity index (χ0n) is 9.16. The first-order valence-electron chi connectivity index (χ1n) is 5.62. The van der Waals surface area contributed by atoms with Gasteiger partial charge in [-0.1, -0.05) is 31.2 Å². The van der Waals surface area contributed by atoms with Crippen LogP contribution < -0.4 is 0 Å². The van der Waals surface area contributed by atoms with Gasteiger partial charge in [-0.15, -0.1) is 0 Å².